The number of amides is 1. The summed E-state index contributed by atoms with van der Waals surface area (Å²) >= 11 is 5.60. The Morgan fingerprint density at radius 2 is 2.00 bits per heavy atom. The maximum atomic E-state index is 12.1. The van der Waals surface area contributed by atoms with Gasteiger partial charge in [-0.05, 0) is 52.4 Å². The fourth-order valence-electron chi connectivity index (χ4n) is 2.10. The van der Waals surface area contributed by atoms with Gasteiger partial charge in [-0.2, -0.15) is 5.10 Å². The molecule has 0 saturated carbocycles. The molecule has 1 heterocycles. The van der Waals surface area contributed by atoms with Gasteiger partial charge in [0, 0.05) is 16.1 Å². The molecule has 3 aromatic rings. The Hall–Kier alpha value is -1.93. The minimum absolute atomic E-state index is 0.227. The second kappa shape index (κ2) is 7.76. The van der Waals surface area contributed by atoms with Gasteiger partial charge in [0.2, 0.25) is 0 Å². The summed E-state index contributed by atoms with van der Waals surface area (Å²) in [5.41, 5.74) is 4.21. The fourth-order valence-corrected chi connectivity index (χ4v) is 3.76. The molecular formula is C18H12BrIN2O2. The molecule has 6 heteroatoms. The zero-order valence-corrected chi connectivity index (χ0v) is 16.1. The second-order valence-electron chi connectivity index (χ2n) is 4.91. The Morgan fingerprint density at radius 1 is 1.21 bits per heavy atom. The van der Waals surface area contributed by atoms with Crippen LogP contribution in [0.4, 0.5) is 0 Å². The number of halogens is 2. The number of carbonyl (C=O) groups excluding carboxylic acids is 1. The third-order valence-electron chi connectivity index (χ3n) is 3.17. The van der Waals surface area contributed by atoms with Gasteiger partial charge in [-0.3, -0.25) is 4.79 Å². The highest BCUT2D eigenvalue weighted by atomic mass is 127. The lowest BCUT2D eigenvalue weighted by Crippen LogP contribution is -2.16. The molecule has 3 rings (SSSR count). The molecular weight excluding hydrogens is 483 g/mol. The molecule has 0 spiro atoms. The molecule has 0 unspecified atom stereocenters. The topological polar surface area (TPSA) is 54.6 Å². The first-order valence-electron chi connectivity index (χ1n) is 7.07. The van der Waals surface area contributed by atoms with Gasteiger partial charge >= 0.3 is 5.91 Å². The number of furan rings is 1. The van der Waals surface area contributed by atoms with Crippen LogP contribution < -0.4 is 5.43 Å². The van der Waals surface area contributed by atoms with E-state index in [4.69, 9.17) is 4.42 Å². The van der Waals surface area contributed by atoms with Crippen LogP contribution in [-0.2, 0) is 0 Å². The van der Waals surface area contributed by atoms with E-state index >= 15 is 0 Å². The van der Waals surface area contributed by atoms with Gasteiger partial charge < -0.3 is 4.42 Å². The number of rotatable bonds is 4. The summed E-state index contributed by atoms with van der Waals surface area (Å²) in [6, 6.07) is 15.4. The van der Waals surface area contributed by atoms with Gasteiger partial charge in [-0.25, -0.2) is 5.43 Å². The van der Waals surface area contributed by atoms with Crippen molar-refractivity contribution in [1.82, 2.24) is 5.43 Å². The number of fused-ring (bicyclic) bond motifs is 1. The van der Waals surface area contributed by atoms with Crippen molar-refractivity contribution in [2.75, 3.05) is 0 Å². The Balaban J connectivity index is 1.66. The Kier molecular flexibility index (Phi) is 5.47. The van der Waals surface area contributed by atoms with Gasteiger partial charge in [0.05, 0.1) is 3.57 Å². The lowest BCUT2D eigenvalue weighted by molar-refractivity contribution is 0.0929. The third-order valence-corrected chi connectivity index (χ3v) is 4.43. The maximum absolute atomic E-state index is 12.1. The summed E-state index contributed by atoms with van der Waals surface area (Å²) < 4.78 is 7.49. The average Bonchev–Trinajstić information content (AvgIpc) is 3.00. The van der Waals surface area contributed by atoms with E-state index in [1.807, 2.05) is 48.5 Å². The van der Waals surface area contributed by atoms with Crippen molar-refractivity contribution in [3.8, 4) is 0 Å². The average molecular weight is 495 g/mol. The molecule has 0 fully saturated rings. The minimum Gasteiger partial charge on any atom is -0.450 e. The zero-order chi connectivity index (χ0) is 16.9. The zero-order valence-electron chi connectivity index (χ0n) is 12.4. The molecule has 2 aromatic carbocycles. The van der Waals surface area contributed by atoms with Gasteiger partial charge in [-0.15, -0.1) is 0 Å². The number of hydrazone groups is 1. The number of hydrogen-bond acceptors (Lipinski definition) is 3. The van der Waals surface area contributed by atoms with Crippen LogP contribution in [0.5, 0.6) is 0 Å². The van der Waals surface area contributed by atoms with Crippen molar-refractivity contribution in [3.63, 3.8) is 0 Å². The number of hydrogen-bond donors (Lipinski definition) is 1. The molecule has 1 N–H and O–H groups in total. The molecule has 0 aliphatic carbocycles. The number of carbonyl (C=O) groups is 1. The van der Waals surface area contributed by atoms with Crippen molar-refractivity contribution in [2.24, 2.45) is 5.10 Å². The van der Waals surface area contributed by atoms with Crippen LogP contribution in [0.3, 0.4) is 0 Å². The normalized spacial score (nSPS) is 11.6. The summed E-state index contributed by atoms with van der Waals surface area (Å²) in [7, 11) is 0. The highest BCUT2D eigenvalue weighted by Crippen LogP contribution is 2.28. The molecule has 0 radical (unpaired) electrons. The van der Waals surface area contributed by atoms with Gasteiger partial charge in [-0.1, -0.05) is 52.3 Å². The van der Waals surface area contributed by atoms with E-state index in [1.54, 1.807) is 12.1 Å². The third kappa shape index (κ3) is 4.12. The molecule has 120 valence electrons. The maximum Gasteiger partial charge on any atom is 0.307 e. The van der Waals surface area contributed by atoms with E-state index in [9.17, 15) is 4.79 Å². The first-order valence-corrected chi connectivity index (χ1v) is 8.94. The highest BCUT2D eigenvalue weighted by Gasteiger charge is 2.13. The SMILES string of the molecule is O=C(N/N=C\C=C\c1ccccc1)c1cc2cc(Br)cc(I)c2o1. The van der Waals surface area contributed by atoms with Gasteiger partial charge in [0.15, 0.2) is 5.76 Å². The van der Waals surface area contributed by atoms with Crippen LogP contribution in [0, 0.1) is 3.57 Å². The molecule has 24 heavy (non-hydrogen) atoms. The monoisotopic (exact) mass is 494 g/mol. The van der Waals surface area contributed by atoms with Gasteiger partial charge in [0.1, 0.15) is 5.58 Å². The van der Waals surface area contributed by atoms with Crippen molar-refractivity contribution >= 4 is 67.7 Å². The van der Waals surface area contributed by atoms with Crippen LogP contribution >= 0.6 is 38.5 Å². The molecule has 0 bridgehead atoms. The first kappa shape index (κ1) is 16.9. The van der Waals surface area contributed by atoms with Gasteiger partial charge in [0.25, 0.3) is 0 Å². The standard InChI is InChI=1S/C18H12BrIN2O2/c19-14-9-13-10-16(24-17(13)15(20)11-14)18(23)22-21-8-4-7-12-5-2-1-3-6-12/h1-11H,(H,22,23)/b7-4+,21-8-. The van der Waals surface area contributed by atoms with Crippen LogP contribution in [-0.4, -0.2) is 12.1 Å². The number of benzene rings is 2. The molecule has 0 aliphatic rings. The van der Waals surface area contributed by atoms with Crippen LogP contribution in [0.2, 0.25) is 0 Å². The molecule has 0 saturated heterocycles. The summed E-state index contributed by atoms with van der Waals surface area (Å²) in [5, 5.41) is 4.76. The smallest absolute Gasteiger partial charge is 0.307 e. The van der Waals surface area contributed by atoms with E-state index in [0.29, 0.717) is 5.58 Å². The predicted octanol–water partition coefficient (Wildman–Crippen LogP) is 5.23. The largest absolute Gasteiger partial charge is 0.450 e. The summed E-state index contributed by atoms with van der Waals surface area (Å²) in [5.74, 6) is -0.160. The fraction of sp³-hybridized carbons (Fsp3) is 0. The van der Waals surface area contributed by atoms with Crippen molar-refractivity contribution in [1.29, 1.82) is 0 Å². The highest BCUT2D eigenvalue weighted by molar-refractivity contribution is 14.1. The first-order chi connectivity index (χ1) is 11.6. The quantitative estimate of drug-likeness (QED) is 0.307. The molecule has 4 nitrogen and oxygen atoms in total. The van der Waals surface area contributed by atoms with Crippen molar-refractivity contribution in [3.05, 3.63) is 74.0 Å². The molecule has 1 amide bonds. The minimum atomic E-state index is -0.387. The Morgan fingerprint density at radius 3 is 2.79 bits per heavy atom. The number of nitrogens with one attached hydrogen (secondary N) is 1. The van der Waals surface area contributed by atoms with Crippen LogP contribution in [0.25, 0.3) is 17.0 Å². The summed E-state index contributed by atoms with van der Waals surface area (Å²) in [6.07, 6.45) is 5.18. The lowest BCUT2D eigenvalue weighted by atomic mass is 10.2. The Bertz CT molecular complexity index is 933. The van der Waals surface area contributed by atoms with E-state index in [1.165, 1.54) is 6.21 Å². The van der Waals surface area contributed by atoms with E-state index in [2.05, 4.69) is 49.0 Å². The molecule has 0 aliphatic heterocycles. The van der Waals surface area contributed by atoms with Crippen LogP contribution in [0.15, 0.2) is 68.6 Å². The number of nitrogens with zero attached hydrogens (tertiary/aromatic N) is 1. The Labute approximate surface area is 160 Å². The summed E-state index contributed by atoms with van der Waals surface area (Å²) in [4.78, 5) is 12.1. The van der Waals surface area contributed by atoms with Crippen molar-refractivity contribution < 1.29 is 9.21 Å². The van der Waals surface area contributed by atoms with E-state index in [0.717, 1.165) is 19.0 Å². The molecule has 1 aromatic heterocycles. The van der Waals surface area contributed by atoms with Crippen LogP contribution in [0.1, 0.15) is 16.1 Å². The molecule has 0 atom stereocenters. The lowest BCUT2D eigenvalue weighted by Gasteiger charge is -1.95. The van der Waals surface area contributed by atoms with E-state index in [-0.39, 0.29) is 11.7 Å². The van der Waals surface area contributed by atoms with E-state index < -0.39 is 0 Å². The number of allylic oxidation sites excluding steroid dienone is 1. The second-order valence-corrected chi connectivity index (χ2v) is 6.98. The van der Waals surface area contributed by atoms with Crippen molar-refractivity contribution in [2.45, 2.75) is 0 Å². The predicted molar refractivity (Wildman–Crippen MR) is 108 cm³/mol. The summed E-state index contributed by atoms with van der Waals surface area (Å²) in [6.45, 7) is 0.